The summed E-state index contributed by atoms with van der Waals surface area (Å²) in [5.41, 5.74) is -0.0738. The second-order valence-electron chi connectivity index (χ2n) is 3.49. The van der Waals surface area contributed by atoms with Gasteiger partial charge in [0.2, 0.25) is 11.8 Å². The molecule has 0 amide bonds. The van der Waals surface area contributed by atoms with Gasteiger partial charge in [-0.05, 0) is 6.07 Å². The highest BCUT2D eigenvalue weighted by atomic mass is 32.2. The number of nitrogens with zero attached hydrogens (tertiary/aromatic N) is 2. The Bertz CT molecular complexity index is 605. The minimum atomic E-state index is -1.54. The van der Waals surface area contributed by atoms with Crippen molar-refractivity contribution in [3.8, 4) is 11.8 Å². The van der Waals surface area contributed by atoms with Crippen molar-refractivity contribution in [1.82, 2.24) is 9.97 Å². The molecule has 0 spiro atoms. The first kappa shape index (κ1) is 13.5. The fourth-order valence-corrected chi connectivity index (χ4v) is 2.11. The van der Waals surface area contributed by atoms with Crippen molar-refractivity contribution in [3.63, 3.8) is 0 Å². The molecule has 100 valence electrons. The Morgan fingerprint density at radius 2 is 1.63 bits per heavy atom. The van der Waals surface area contributed by atoms with E-state index in [4.69, 9.17) is 10.2 Å². The van der Waals surface area contributed by atoms with Gasteiger partial charge in [-0.25, -0.2) is 13.2 Å². The van der Waals surface area contributed by atoms with Gasteiger partial charge in [-0.15, -0.1) is 0 Å². The number of thioether (sulfide) groups is 1. The molecule has 0 bridgehead atoms. The van der Waals surface area contributed by atoms with Crippen molar-refractivity contribution < 1.29 is 23.4 Å². The zero-order valence-electron chi connectivity index (χ0n) is 9.27. The molecular formula is C11H7F3N2O2S. The lowest BCUT2D eigenvalue weighted by Gasteiger charge is -2.04. The van der Waals surface area contributed by atoms with Crippen LogP contribution in [0, 0.1) is 17.5 Å². The van der Waals surface area contributed by atoms with Gasteiger partial charge in [-0.2, -0.15) is 9.97 Å². The number of hydrogen-bond acceptors (Lipinski definition) is 5. The highest BCUT2D eigenvalue weighted by Crippen LogP contribution is 2.25. The van der Waals surface area contributed by atoms with Gasteiger partial charge in [-0.3, -0.25) is 0 Å². The summed E-state index contributed by atoms with van der Waals surface area (Å²) in [5, 5.41) is 18.2. The van der Waals surface area contributed by atoms with Crippen molar-refractivity contribution in [2.45, 2.75) is 10.9 Å². The van der Waals surface area contributed by atoms with E-state index in [0.717, 1.165) is 30.0 Å². The third-order valence-corrected chi connectivity index (χ3v) is 3.05. The minimum Gasteiger partial charge on any atom is -0.493 e. The van der Waals surface area contributed by atoms with E-state index in [0.29, 0.717) is 0 Å². The smallest absolute Gasteiger partial charge is 0.218 e. The SMILES string of the molecule is Oc1cc(O)nc(SCc2ccc(F)c(F)c2F)n1. The first-order chi connectivity index (χ1) is 8.97. The van der Waals surface area contributed by atoms with Crippen LogP contribution in [-0.2, 0) is 5.75 Å². The Morgan fingerprint density at radius 3 is 2.26 bits per heavy atom. The van der Waals surface area contributed by atoms with Gasteiger partial charge in [0.25, 0.3) is 0 Å². The molecule has 2 aromatic rings. The van der Waals surface area contributed by atoms with Gasteiger partial charge in [0.05, 0.1) is 6.07 Å². The zero-order chi connectivity index (χ0) is 14.0. The maximum Gasteiger partial charge on any atom is 0.218 e. The summed E-state index contributed by atoms with van der Waals surface area (Å²) in [6, 6.07) is 2.85. The second-order valence-corrected chi connectivity index (χ2v) is 4.43. The Morgan fingerprint density at radius 1 is 1.00 bits per heavy atom. The van der Waals surface area contributed by atoms with Crippen LogP contribution < -0.4 is 0 Å². The van der Waals surface area contributed by atoms with E-state index in [1.165, 1.54) is 0 Å². The summed E-state index contributed by atoms with van der Waals surface area (Å²) in [6.45, 7) is 0. The minimum absolute atomic E-state index is 0.0124. The van der Waals surface area contributed by atoms with E-state index < -0.39 is 29.2 Å². The van der Waals surface area contributed by atoms with Crippen molar-refractivity contribution >= 4 is 11.8 Å². The number of aromatic hydroxyl groups is 2. The number of rotatable bonds is 3. The van der Waals surface area contributed by atoms with Crippen LogP contribution in [0.3, 0.4) is 0 Å². The van der Waals surface area contributed by atoms with Crippen LogP contribution in [0.4, 0.5) is 13.2 Å². The standard InChI is InChI=1S/C11H7F3N2O2S/c12-6-2-1-5(9(13)10(6)14)4-19-11-15-7(17)3-8(18)16-11/h1-3H,4H2,(H2,15,16,17,18). The molecule has 0 saturated heterocycles. The second kappa shape index (κ2) is 5.35. The van der Waals surface area contributed by atoms with Crippen LogP contribution in [0.25, 0.3) is 0 Å². The van der Waals surface area contributed by atoms with Crippen LogP contribution in [0.1, 0.15) is 5.56 Å². The quantitative estimate of drug-likeness (QED) is 0.516. The van der Waals surface area contributed by atoms with Crippen molar-refractivity contribution in [3.05, 3.63) is 41.2 Å². The lowest BCUT2D eigenvalue weighted by molar-refractivity contribution is 0.411. The molecule has 19 heavy (non-hydrogen) atoms. The average Bonchev–Trinajstić information content (AvgIpc) is 2.34. The summed E-state index contributed by atoms with van der Waals surface area (Å²) in [5.74, 6) is -5.06. The van der Waals surface area contributed by atoms with Crippen LogP contribution >= 0.6 is 11.8 Å². The maximum absolute atomic E-state index is 13.4. The third kappa shape index (κ3) is 3.08. The molecule has 8 heteroatoms. The van der Waals surface area contributed by atoms with Gasteiger partial charge >= 0.3 is 0 Å². The molecule has 0 aliphatic rings. The molecule has 0 aliphatic carbocycles. The summed E-state index contributed by atoms with van der Waals surface area (Å²) in [4.78, 5) is 7.15. The Hall–Kier alpha value is -1.96. The summed E-state index contributed by atoms with van der Waals surface area (Å²) in [6.07, 6.45) is 0. The van der Waals surface area contributed by atoms with Crippen LogP contribution in [0.15, 0.2) is 23.4 Å². The van der Waals surface area contributed by atoms with E-state index in [2.05, 4.69) is 9.97 Å². The highest BCUT2D eigenvalue weighted by Gasteiger charge is 2.14. The molecule has 1 aromatic carbocycles. The van der Waals surface area contributed by atoms with Gasteiger partial charge in [0, 0.05) is 11.3 Å². The summed E-state index contributed by atoms with van der Waals surface area (Å²) < 4.78 is 39.0. The van der Waals surface area contributed by atoms with Crippen molar-refractivity contribution in [1.29, 1.82) is 0 Å². The Labute approximate surface area is 110 Å². The molecule has 2 rings (SSSR count). The lowest BCUT2D eigenvalue weighted by atomic mass is 10.2. The van der Waals surface area contributed by atoms with Crippen LogP contribution in [-0.4, -0.2) is 20.2 Å². The average molecular weight is 288 g/mol. The monoisotopic (exact) mass is 288 g/mol. The Kier molecular flexibility index (Phi) is 3.79. The predicted octanol–water partition coefficient (Wildman–Crippen LogP) is 2.60. The Balaban J connectivity index is 2.17. The third-order valence-electron chi connectivity index (χ3n) is 2.15. The molecule has 2 N–H and O–H groups in total. The van der Waals surface area contributed by atoms with Crippen molar-refractivity contribution in [2.24, 2.45) is 0 Å². The number of aromatic nitrogens is 2. The van der Waals surface area contributed by atoms with E-state index in [9.17, 15) is 13.2 Å². The lowest BCUT2D eigenvalue weighted by Crippen LogP contribution is -1.97. The normalized spacial score (nSPS) is 10.7. The number of halogens is 3. The largest absolute Gasteiger partial charge is 0.493 e. The fraction of sp³-hybridized carbons (Fsp3) is 0.0909. The molecule has 0 atom stereocenters. The topological polar surface area (TPSA) is 66.2 Å². The molecular weight excluding hydrogens is 281 g/mol. The predicted molar refractivity (Wildman–Crippen MR) is 61.2 cm³/mol. The van der Waals surface area contributed by atoms with Crippen LogP contribution in [0.5, 0.6) is 11.8 Å². The van der Waals surface area contributed by atoms with Gasteiger partial charge < -0.3 is 10.2 Å². The molecule has 0 aliphatic heterocycles. The molecule has 0 radical (unpaired) electrons. The molecule has 4 nitrogen and oxygen atoms in total. The molecule has 1 aromatic heterocycles. The molecule has 0 fully saturated rings. The summed E-state index contributed by atoms with van der Waals surface area (Å²) in [7, 11) is 0. The summed E-state index contributed by atoms with van der Waals surface area (Å²) >= 11 is 0.859. The first-order valence-corrected chi connectivity index (χ1v) is 5.98. The maximum atomic E-state index is 13.4. The highest BCUT2D eigenvalue weighted by molar-refractivity contribution is 7.98. The zero-order valence-corrected chi connectivity index (χ0v) is 10.1. The van der Waals surface area contributed by atoms with Gasteiger partial charge in [0.15, 0.2) is 22.6 Å². The van der Waals surface area contributed by atoms with E-state index in [1.54, 1.807) is 0 Å². The molecule has 0 saturated carbocycles. The number of hydrogen-bond donors (Lipinski definition) is 2. The molecule has 1 heterocycles. The van der Waals surface area contributed by atoms with E-state index in [1.807, 2.05) is 0 Å². The molecule has 0 unspecified atom stereocenters. The fourth-order valence-electron chi connectivity index (χ4n) is 1.29. The van der Waals surface area contributed by atoms with E-state index in [-0.39, 0.29) is 16.5 Å². The van der Waals surface area contributed by atoms with Crippen LogP contribution in [0.2, 0.25) is 0 Å². The van der Waals surface area contributed by atoms with E-state index >= 15 is 0 Å². The van der Waals surface area contributed by atoms with Gasteiger partial charge in [0.1, 0.15) is 0 Å². The first-order valence-electron chi connectivity index (χ1n) is 4.99. The van der Waals surface area contributed by atoms with Gasteiger partial charge in [-0.1, -0.05) is 17.8 Å². The van der Waals surface area contributed by atoms with Crippen molar-refractivity contribution in [2.75, 3.05) is 0 Å². The number of benzene rings is 1.